The van der Waals surface area contributed by atoms with Gasteiger partial charge in [0.25, 0.3) is 0 Å². The van der Waals surface area contributed by atoms with Gasteiger partial charge in [-0.2, -0.15) is 0 Å². The van der Waals surface area contributed by atoms with Gasteiger partial charge in [0.05, 0.1) is 0 Å². The van der Waals surface area contributed by atoms with Gasteiger partial charge < -0.3 is 0 Å². The average molecular weight is 617 g/mol. The first kappa shape index (κ1) is 26.4. The first-order valence-corrected chi connectivity index (χ1v) is 10.2. The van der Waals surface area contributed by atoms with Crippen molar-refractivity contribution in [3.05, 3.63) is 0 Å². The molecule has 0 bridgehead atoms. The Hall–Kier alpha value is 4.35. The molecule has 0 saturated carbocycles. The molecule has 0 aliphatic carbocycles. The SMILES string of the molecule is ClC(Cl)C(Cl)(Cl)C(Cl)(Cl)C(Cl)(Cl)C(Cl)(Cl)C(Cl)(Cl)C(Cl)(Cl)Cl. The van der Waals surface area contributed by atoms with Gasteiger partial charge in [-0.1, -0.05) is 151 Å². The van der Waals surface area contributed by atoms with Crippen molar-refractivity contribution in [2.45, 2.75) is 30.3 Å². The van der Waals surface area contributed by atoms with Crippen molar-refractivity contribution in [2.75, 3.05) is 0 Å². The molecule has 0 N–H and O–H groups in total. The number of halogens is 15. The molecule has 0 saturated heterocycles. The van der Waals surface area contributed by atoms with Crippen molar-refractivity contribution in [3.8, 4) is 0 Å². The Morgan fingerprint density at radius 1 is 0.409 bits per heavy atom. The summed E-state index contributed by atoms with van der Waals surface area (Å²) in [6, 6.07) is 0. The number of alkyl halides is 15. The van der Waals surface area contributed by atoms with E-state index in [0.29, 0.717) is 0 Å². The van der Waals surface area contributed by atoms with E-state index in [1.54, 1.807) is 0 Å². The van der Waals surface area contributed by atoms with Crippen LogP contribution in [0.3, 0.4) is 0 Å². The second-order valence-corrected chi connectivity index (χ2v) is 13.8. The lowest BCUT2D eigenvalue weighted by Gasteiger charge is -2.51. The molecule has 22 heavy (non-hydrogen) atoms. The highest BCUT2D eigenvalue weighted by Gasteiger charge is 2.77. The molecular weight excluding hydrogens is 616 g/mol. The fourth-order valence-corrected chi connectivity index (χ4v) is 4.98. The summed E-state index contributed by atoms with van der Waals surface area (Å²) in [7, 11) is 0. The van der Waals surface area contributed by atoms with Gasteiger partial charge in [0.2, 0.25) is 8.13 Å². The molecule has 0 fully saturated rings. The number of hydrogen-bond acceptors (Lipinski definition) is 0. The van der Waals surface area contributed by atoms with Crippen LogP contribution in [0.2, 0.25) is 0 Å². The van der Waals surface area contributed by atoms with Crippen molar-refractivity contribution in [1.82, 2.24) is 0 Å². The molecule has 0 aromatic carbocycles. The largest absolute Gasteiger partial charge is 0.226 e. The minimum Gasteiger partial charge on any atom is -0.102 e. The summed E-state index contributed by atoms with van der Waals surface area (Å²) >= 11 is 87.7. The molecule has 0 aromatic rings. The van der Waals surface area contributed by atoms with E-state index in [-0.39, 0.29) is 0 Å². The van der Waals surface area contributed by atoms with Gasteiger partial charge in [0.15, 0.2) is 17.3 Å². The number of hydrogen-bond donors (Lipinski definition) is 0. The predicted octanol–water partition coefficient (Wildman–Crippen LogP) is 9.03. The molecule has 0 unspecified atom stereocenters. The Kier molecular flexibility index (Phi) is 9.58. The van der Waals surface area contributed by atoms with Crippen molar-refractivity contribution in [1.29, 1.82) is 0 Å². The molecule has 0 amide bonds. The molecule has 0 aliphatic rings. The molecule has 0 aliphatic heterocycles. The normalized spacial score (nSPS) is 16.4. The van der Waals surface area contributed by atoms with Gasteiger partial charge >= 0.3 is 0 Å². The highest BCUT2D eigenvalue weighted by atomic mass is 35.6. The Labute approximate surface area is 201 Å². The van der Waals surface area contributed by atoms with Gasteiger partial charge in [-0.05, 0) is 0 Å². The molecule has 0 spiro atoms. The van der Waals surface area contributed by atoms with E-state index in [1.165, 1.54) is 0 Å². The lowest BCUT2D eigenvalue weighted by molar-refractivity contribution is 0.503. The van der Waals surface area contributed by atoms with Crippen LogP contribution in [0.1, 0.15) is 0 Å². The fourth-order valence-electron chi connectivity index (χ4n) is 0.919. The summed E-state index contributed by atoms with van der Waals surface area (Å²) in [5, 5.41) is 0. The summed E-state index contributed by atoms with van der Waals surface area (Å²) in [5.74, 6) is 0. The highest BCUT2D eigenvalue weighted by molar-refractivity contribution is 6.82. The van der Waals surface area contributed by atoms with Crippen LogP contribution in [0.15, 0.2) is 0 Å². The van der Waals surface area contributed by atoms with E-state index in [2.05, 4.69) is 0 Å². The maximum absolute atomic E-state index is 6.05. The van der Waals surface area contributed by atoms with Crippen molar-refractivity contribution < 1.29 is 0 Å². The summed E-state index contributed by atoms with van der Waals surface area (Å²) < 4.78 is -15.6. The van der Waals surface area contributed by atoms with Crippen molar-refractivity contribution in [3.63, 3.8) is 0 Å². The Balaban J connectivity index is 6.24. The van der Waals surface area contributed by atoms with Crippen LogP contribution in [-0.2, 0) is 0 Å². The molecular formula is C7HCl15. The van der Waals surface area contributed by atoms with Crippen LogP contribution >= 0.6 is 174 Å². The molecule has 0 nitrogen and oxygen atoms in total. The van der Waals surface area contributed by atoms with Gasteiger partial charge in [-0.25, -0.2) is 0 Å². The lowest BCUT2D eigenvalue weighted by atomic mass is 10.1. The van der Waals surface area contributed by atoms with Crippen LogP contribution in [0, 0.1) is 0 Å². The van der Waals surface area contributed by atoms with E-state index < -0.39 is 30.3 Å². The second kappa shape index (κ2) is 8.00. The Bertz CT molecular complexity index is 401. The third-order valence-corrected chi connectivity index (χ3v) is 11.9. The zero-order chi connectivity index (χ0) is 18.6. The molecule has 0 radical (unpaired) electrons. The Morgan fingerprint density at radius 3 is 0.909 bits per heavy atom. The summed E-state index contributed by atoms with van der Waals surface area (Å²) in [5.41, 5.74) is 0. The summed E-state index contributed by atoms with van der Waals surface area (Å²) in [6.45, 7) is 0. The van der Waals surface area contributed by atoms with E-state index >= 15 is 0 Å². The lowest BCUT2D eigenvalue weighted by Crippen LogP contribution is -2.66. The summed E-state index contributed by atoms with van der Waals surface area (Å²) in [4.78, 5) is -1.60. The maximum Gasteiger partial charge on any atom is 0.226 e. The second-order valence-electron chi connectivity index (χ2n) is 3.72. The van der Waals surface area contributed by atoms with Crippen molar-refractivity contribution in [2.24, 2.45) is 0 Å². The first-order chi connectivity index (χ1) is 9.19. The van der Waals surface area contributed by atoms with E-state index in [0.717, 1.165) is 0 Å². The monoisotopic (exact) mass is 610 g/mol. The summed E-state index contributed by atoms with van der Waals surface area (Å²) in [6.07, 6.45) is 0. The zero-order valence-electron chi connectivity index (χ0n) is 9.25. The van der Waals surface area contributed by atoms with E-state index in [9.17, 15) is 0 Å². The minimum absolute atomic E-state index is 1.60. The third kappa shape index (κ3) is 4.33. The van der Waals surface area contributed by atoms with Crippen LogP contribution in [0.25, 0.3) is 0 Å². The standard InChI is InChI=1S/C7HCl15/c8-1(9)2(10,11)3(12,13)4(14,15)5(16,17)6(18,19)7(20,21)22/h1H. The van der Waals surface area contributed by atoms with Crippen molar-refractivity contribution >= 4 is 174 Å². The molecule has 0 aromatic heterocycles. The predicted molar refractivity (Wildman–Crippen MR) is 108 cm³/mol. The van der Waals surface area contributed by atoms with E-state index in [4.69, 9.17) is 174 Å². The smallest absolute Gasteiger partial charge is 0.102 e. The molecule has 0 heterocycles. The molecule has 0 atom stereocenters. The average Bonchev–Trinajstić information content (AvgIpc) is 2.25. The van der Waals surface area contributed by atoms with Gasteiger partial charge in [0.1, 0.15) is 4.84 Å². The third-order valence-electron chi connectivity index (χ3n) is 2.23. The molecule has 134 valence electrons. The van der Waals surface area contributed by atoms with Crippen LogP contribution in [-0.4, -0.2) is 30.3 Å². The zero-order valence-corrected chi connectivity index (χ0v) is 20.6. The minimum atomic E-state index is -2.74. The topological polar surface area (TPSA) is 0 Å². The fraction of sp³-hybridized carbons (Fsp3) is 1.00. The van der Waals surface area contributed by atoms with Gasteiger partial charge in [-0.15, -0.1) is 23.2 Å². The first-order valence-electron chi connectivity index (χ1n) is 4.43. The highest BCUT2D eigenvalue weighted by Crippen LogP contribution is 2.69. The quantitative estimate of drug-likeness (QED) is 0.271. The molecule has 0 rings (SSSR count). The number of rotatable bonds is 5. The van der Waals surface area contributed by atoms with Gasteiger partial charge in [-0.3, -0.25) is 0 Å². The van der Waals surface area contributed by atoms with E-state index in [1.807, 2.05) is 0 Å². The molecule has 15 heteroatoms. The maximum atomic E-state index is 6.05. The van der Waals surface area contributed by atoms with Crippen LogP contribution in [0.5, 0.6) is 0 Å². The van der Waals surface area contributed by atoms with Crippen LogP contribution in [0.4, 0.5) is 0 Å². The van der Waals surface area contributed by atoms with Crippen LogP contribution < -0.4 is 0 Å². The van der Waals surface area contributed by atoms with Gasteiger partial charge in [0, 0.05) is 0 Å². The Morgan fingerprint density at radius 2 is 0.682 bits per heavy atom.